The fourth-order valence-electron chi connectivity index (χ4n) is 2.66. The smallest absolute Gasteiger partial charge is 0.310 e. The van der Waals surface area contributed by atoms with E-state index < -0.39 is 0 Å². The molecule has 2 rings (SSSR count). The van der Waals surface area contributed by atoms with Gasteiger partial charge in [-0.25, -0.2) is 0 Å². The Bertz CT molecular complexity index is 518. The second-order valence-corrected chi connectivity index (χ2v) is 6.11. The molecule has 0 spiro atoms. The van der Waals surface area contributed by atoms with Crippen molar-refractivity contribution in [2.24, 2.45) is 5.92 Å². The van der Waals surface area contributed by atoms with E-state index in [1.165, 1.54) is 7.11 Å². The van der Waals surface area contributed by atoms with Crippen LogP contribution in [-0.2, 0) is 15.3 Å². The Kier molecular flexibility index (Phi) is 5.67. The second-order valence-electron chi connectivity index (χ2n) is 5.25. The van der Waals surface area contributed by atoms with E-state index in [1.807, 2.05) is 30.5 Å². The molecule has 1 aromatic carbocycles. The van der Waals surface area contributed by atoms with Crippen LogP contribution in [0.4, 0.5) is 0 Å². The molecule has 0 N–H and O–H groups in total. The number of hydrogen-bond acceptors (Lipinski definition) is 4. The number of esters is 1. The zero-order chi connectivity index (χ0) is 15.2. The van der Waals surface area contributed by atoms with Crippen LogP contribution in [0, 0.1) is 5.92 Å². The lowest BCUT2D eigenvalue weighted by Crippen LogP contribution is -2.42. The van der Waals surface area contributed by atoms with E-state index >= 15 is 0 Å². The zero-order valence-electron chi connectivity index (χ0n) is 12.5. The molecule has 1 heterocycles. The molecule has 0 saturated carbocycles. The van der Waals surface area contributed by atoms with Gasteiger partial charge in [0.25, 0.3) is 5.91 Å². The van der Waals surface area contributed by atoms with Gasteiger partial charge in [-0.05, 0) is 36.8 Å². The van der Waals surface area contributed by atoms with E-state index in [0.717, 1.165) is 24.2 Å². The van der Waals surface area contributed by atoms with Gasteiger partial charge in [-0.15, -0.1) is 0 Å². The third kappa shape index (κ3) is 4.00. The normalized spacial score (nSPS) is 18.4. The summed E-state index contributed by atoms with van der Waals surface area (Å²) in [7, 11) is 1.40. The number of nitrogens with zero attached hydrogens (tertiary/aromatic N) is 1. The molecule has 1 unspecified atom stereocenters. The number of amides is 1. The lowest BCUT2D eigenvalue weighted by Gasteiger charge is -2.31. The molecule has 114 valence electrons. The van der Waals surface area contributed by atoms with Crippen LogP contribution in [0.2, 0.25) is 0 Å². The molecule has 5 heteroatoms. The fraction of sp³-hybridized carbons (Fsp3) is 0.500. The van der Waals surface area contributed by atoms with Gasteiger partial charge in [0.2, 0.25) is 0 Å². The third-order valence-electron chi connectivity index (χ3n) is 3.73. The van der Waals surface area contributed by atoms with Gasteiger partial charge >= 0.3 is 5.97 Å². The summed E-state index contributed by atoms with van der Waals surface area (Å²) in [5, 5.41) is 0. The van der Waals surface area contributed by atoms with Crippen molar-refractivity contribution in [3.63, 3.8) is 0 Å². The first-order valence-corrected chi connectivity index (χ1v) is 8.50. The van der Waals surface area contributed by atoms with Crippen molar-refractivity contribution in [2.75, 3.05) is 26.5 Å². The minimum Gasteiger partial charge on any atom is -0.469 e. The monoisotopic (exact) mass is 307 g/mol. The maximum atomic E-state index is 12.6. The van der Waals surface area contributed by atoms with E-state index in [9.17, 15) is 9.59 Å². The van der Waals surface area contributed by atoms with Crippen molar-refractivity contribution >= 4 is 23.6 Å². The highest BCUT2D eigenvalue weighted by Gasteiger charge is 2.29. The second kappa shape index (κ2) is 7.50. The maximum Gasteiger partial charge on any atom is 0.310 e. The van der Waals surface area contributed by atoms with Gasteiger partial charge < -0.3 is 9.64 Å². The van der Waals surface area contributed by atoms with Gasteiger partial charge in [0.15, 0.2) is 0 Å². The van der Waals surface area contributed by atoms with Gasteiger partial charge in [-0.3, -0.25) is 9.59 Å². The lowest BCUT2D eigenvalue weighted by molar-refractivity contribution is -0.146. The van der Waals surface area contributed by atoms with Gasteiger partial charge in [0.05, 0.1) is 13.0 Å². The SMILES string of the molecule is COC(=O)C1CCCN(C(=O)c2cccc(CSC)c2)C1. The number of rotatable bonds is 4. The molecule has 1 amide bonds. The Labute approximate surface area is 129 Å². The van der Waals surface area contributed by atoms with Gasteiger partial charge in [0, 0.05) is 24.4 Å². The Morgan fingerprint density at radius 2 is 2.24 bits per heavy atom. The fourth-order valence-corrected chi connectivity index (χ4v) is 3.18. The van der Waals surface area contributed by atoms with E-state index in [2.05, 4.69) is 0 Å². The van der Waals surface area contributed by atoms with E-state index in [1.54, 1.807) is 16.7 Å². The number of piperidine rings is 1. The first kappa shape index (κ1) is 15.9. The molecule has 1 saturated heterocycles. The standard InChI is InChI=1S/C16H21NO3S/c1-20-16(19)14-7-4-8-17(10-14)15(18)13-6-3-5-12(9-13)11-21-2/h3,5-6,9,14H,4,7-8,10-11H2,1-2H3. The van der Waals surface area contributed by atoms with E-state index in [0.29, 0.717) is 18.7 Å². The van der Waals surface area contributed by atoms with Crippen LogP contribution in [0.25, 0.3) is 0 Å². The molecule has 0 radical (unpaired) electrons. The lowest BCUT2D eigenvalue weighted by atomic mass is 9.97. The number of benzene rings is 1. The van der Waals surface area contributed by atoms with Crippen LogP contribution in [0.5, 0.6) is 0 Å². The molecular formula is C16H21NO3S. The summed E-state index contributed by atoms with van der Waals surface area (Å²) < 4.78 is 4.79. The topological polar surface area (TPSA) is 46.6 Å². The molecule has 1 atom stereocenters. The molecule has 0 aliphatic carbocycles. The highest BCUT2D eigenvalue weighted by atomic mass is 32.2. The third-order valence-corrected chi connectivity index (χ3v) is 4.35. The highest BCUT2D eigenvalue weighted by molar-refractivity contribution is 7.97. The Hall–Kier alpha value is -1.49. The quantitative estimate of drug-likeness (QED) is 0.802. The van der Waals surface area contributed by atoms with Crippen molar-refractivity contribution in [3.05, 3.63) is 35.4 Å². The molecule has 21 heavy (non-hydrogen) atoms. The first-order valence-electron chi connectivity index (χ1n) is 7.10. The molecule has 1 aliphatic heterocycles. The maximum absolute atomic E-state index is 12.6. The van der Waals surface area contributed by atoms with Gasteiger partial charge in [-0.1, -0.05) is 12.1 Å². The summed E-state index contributed by atoms with van der Waals surface area (Å²) in [6, 6.07) is 7.73. The minimum absolute atomic E-state index is 0.00607. The van der Waals surface area contributed by atoms with Crippen LogP contribution in [-0.4, -0.2) is 43.2 Å². The van der Waals surface area contributed by atoms with Crippen molar-refractivity contribution in [1.82, 2.24) is 4.90 Å². The van der Waals surface area contributed by atoms with Crippen LogP contribution < -0.4 is 0 Å². The molecular weight excluding hydrogens is 286 g/mol. The predicted molar refractivity (Wildman–Crippen MR) is 84.3 cm³/mol. The van der Waals surface area contributed by atoms with Crippen molar-refractivity contribution in [1.29, 1.82) is 0 Å². The van der Waals surface area contributed by atoms with E-state index in [-0.39, 0.29) is 17.8 Å². The summed E-state index contributed by atoms with van der Waals surface area (Å²) in [5.74, 6) is 0.489. The van der Waals surface area contributed by atoms with Crippen molar-refractivity contribution in [2.45, 2.75) is 18.6 Å². The summed E-state index contributed by atoms with van der Waals surface area (Å²) in [4.78, 5) is 26.0. The van der Waals surface area contributed by atoms with Crippen LogP contribution in [0.1, 0.15) is 28.8 Å². The molecule has 0 aromatic heterocycles. The molecule has 1 aliphatic rings. The Morgan fingerprint density at radius 3 is 2.95 bits per heavy atom. The van der Waals surface area contributed by atoms with Gasteiger partial charge in [-0.2, -0.15) is 11.8 Å². The number of likely N-dealkylation sites (tertiary alicyclic amines) is 1. The van der Waals surface area contributed by atoms with Gasteiger partial charge in [0.1, 0.15) is 0 Å². The zero-order valence-corrected chi connectivity index (χ0v) is 13.3. The summed E-state index contributed by atoms with van der Waals surface area (Å²) in [6.07, 6.45) is 3.68. The van der Waals surface area contributed by atoms with E-state index in [4.69, 9.17) is 4.74 Å². The predicted octanol–water partition coefficient (Wildman–Crippen LogP) is 2.57. The Balaban J connectivity index is 2.08. The van der Waals surface area contributed by atoms with Crippen LogP contribution in [0.3, 0.4) is 0 Å². The average Bonchev–Trinajstić information content (AvgIpc) is 2.54. The summed E-state index contributed by atoms with van der Waals surface area (Å²) in [5.41, 5.74) is 1.85. The molecule has 4 nitrogen and oxygen atoms in total. The first-order chi connectivity index (χ1) is 10.2. The molecule has 0 bridgehead atoms. The minimum atomic E-state index is -0.219. The highest BCUT2D eigenvalue weighted by Crippen LogP contribution is 2.20. The Morgan fingerprint density at radius 1 is 1.43 bits per heavy atom. The van der Waals surface area contributed by atoms with Crippen molar-refractivity contribution in [3.8, 4) is 0 Å². The summed E-state index contributed by atoms with van der Waals surface area (Å²) >= 11 is 1.73. The average molecular weight is 307 g/mol. The largest absolute Gasteiger partial charge is 0.469 e. The number of thioether (sulfide) groups is 1. The number of ether oxygens (including phenoxy) is 1. The number of methoxy groups -OCH3 is 1. The van der Waals surface area contributed by atoms with Crippen molar-refractivity contribution < 1.29 is 14.3 Å². The number of carbonyl (C=O) groups is 2. The number of carbonyl (C=O) groups excluding carboxylic acids is 2. The molecule has 1 aromatic rings. The molecule has 1 fully saturated rings. The van der Waals surface area contributed by atoms with Crippen LogP contribution >= 0.6 is 11.8 Å². The summed E-state index contributed by atoms with van der Waals surface area (Å²) in [6.45, 7) is 1.16. The number of hydrogen-bond donors (Lipinski definition) is 0. The van der Waals surface area contributed by atoms with Crippen LogP contribution in [0.15, 0.2) is 24.3 Å².